The maximum absolute atomic E-state index is 12.1. The zero-order valence-corrected chi connectivity index (χ0v) is 13.0. The van der Waals surface area contributed by atoms with Crippen LogP contribution >= 0.6 is 0 Å². The van der Waals surface area contributed by atoms with Crippen molar-refractivity contribution in [3.8, 4) is 0 Å². The van der Waals surface area contributed by atoms with Gasteiger partial charge in [0.25, 0.3) is 0 Å². The molecule has 2 radical (unpaired) electrons. The molecule has 2 rings (SSSR count). The first-order valence-electron chi connectivity index (χ1n) is 6.33. The summed E-state index contributed by atoms with van der Waals surface area (Å²) in [5.74, 6) is -1.45. The molecule has 0 spiro atoms. The van der Waals surface area contributed by atoms with Gasteiger partial charge in [-0.05, 0) is 19.3 Å². The molecule has 1 atom stereocenters. The van der Waals surface area contributed by atoms with Crippen LogP contribution in [-0.4, -0.2) is 66.5 Å². The van der Waals surface area contributed by atoms with E-state index in [1.54, 1.807) is 6.92 Å². The van der Waals surface area contributed by atoms with Gasteiger partial charge in [0.05, 0.1) is 0 Å². The van der Waals surface area contributed by atoms with Crippen molar-refractivity contribution in [2.45, 2.75) is 51.5 Å². The van der Waals surface area contributed by atoms with E-state index in [0.29, 0.717) is 6.42 Å². The Labute approximate surface area is 137 Å². The Morgan fingerprint density at radius 3 is 2.33 bits per heavy atom. The predicted molar refractivity (Wildman–Crippen MR) is 66.8 cm³/mol. The Bertz CT molecular complexity index is 353. The topological polar surface area (TPSA) is 66.5 Å². The summed E-state index contributed by atoms with van der Waals surface area (Å²) >= 11 is 0. The van der Waals surface area contributed by atoms with E-state index in [4.69, 9.17) is 0 Å². The summed E-state index contributed by atoms with van der Waals surface area (Å²) in [7, 11) is 0. The van der Waals surface area contributed by atoms with E-state index < -0.39 is 17.9 Å². The van der Waals surface area contributed by atoms with Gasteiger partial charge in [-0.1, -0.05) is 26.2 Å². The number of carbonyl (C=O) groups excluding carboxylic acids is 3. The smallest absolute Gasteiger partial charge is 0.277 e. The third-order valence-corrected chi connectivity index (χ3v) is 3.65. The molecule has 1 heterocycles. The number of barbiturate groups is 1. The normalized spacial score (nSPS) is 25.7. The van der Waals surface area contributed by atoms with Crippen molar-refractivity contribution < 1.29 is 14.4 Å². The van der Waals surface area contributed by atoms with Crippen molar-refractivity contribution in [3.63, 3.8) is 0 Å². The quantitative estimate of drug-likeness (QED) is 0.606. The molecule has 2 fully saturated rings. The molecule has 0 aromatic carbocycles. The Morgan fingerprint density at radius 2 is 1.78 bits per heavy atom. The zero-order chi connectivity index (χ0) is 12.4. The van der Waals surface area contributed by atoms with E-state index in [0.717, 1.165) is 32.1 Å². The van der Waals surface area contributed by atoms with Crippen LogP contribution in [0.3, 0.4) is 0 Å². The van der Waals surface area contributed by atoms with Crippen LogP contribution in [0, 0.1) is 5.92 Å². The van der Waals surface area contributed by atoms with Crippen LogP contribution in [0.2, 0.25) is 0 Å². The standard InChI is InChI=1S/C12H18N2O3.Ca/c1-2-9-10(15)13-12(17)14(11(9)16)8-6-4-3-5-7-8;/h8-9H,2-7H2,1H3,(H,13,15,17);. The first-order valence-corrected chi connectivity index (χ1v) is 6.33. The van der Waals surface area contributed by atoms with Gasteiger partial charge in [0.1, 0.15) is 5.92 Å². The SMILES string of the molecule is CCC1C(=O)NC(=O)N(C2CCCCC2)C1=O.[Ca]. The fourth-order valence-corrected chi connectivity index (χ4v) is 2.68. The molecule has 0 aromatic heterocycles. The van der Waals surface area contributed by atoms with Crippen LogP contribution in [0.15, 0.2) is 0 Å². The second-order valence-electron chi connectivity index (χ2n) is 4.76. The van der Waals surface area contributed by atoms with Gasteiger partial charge >= 0.3 is 6.03 Å². The Kier molecular flexibility index (Phi) is 6.08. The van der Waals surface area contributed by atoms with Gasteiger partial charge in [-0.25, -0.2) is 4.79 Å². The summed E-state index contributed by atoms with van der Waals surface area (Å²) in [4.78, 5) is 36.7. The Morgan fingerprint density at radius 1 is 1.17 bits per heavy atom. The van der Waals surface area contributed by atoms with Crippen molar-refractivity contribution in [2.75, 3.05) is 0 Å². The van der Waals surface area contributed by atoms with Crippen LogP contribution in [0.25, 0.3) is 0 Å². The molecule has 1 aliphatic carbocycles. The maximum atomic E-state index is 12.1. The summed E-state index contributed by atoms with van der Waals surface area (Å²) in [6, 6.07) is -0.546. The van der Waals surface area contributed by atoms with Crippen molar-refractivity contribution >= 4 is 55.6 Å². The number of hydrogen-bond donors (Lipinski definition) is 1. The van der Waals surface area contributed by atoms with E-state index in [1.165, 1.54) is 4.90 Å². The molecular weight excluding hydrogens is 260 g/mol. The Balaban J connectivity index is 0.00000162. The molecule has 18 heavy (non-hydrogen) atoms. The molecule has 2 aliphatic rings. The monoisotopic (exact) mass is 278 g/mol. The van der Waals surface area contributed by atoms with E-state index >= 15 is 0 Å². The Hall–Kier alpha value is -0.130. The summed E-state index contributed by atoms with van der Waals surface area (Å²) in [6.45, 7) is 1.79. The molecule has 1 saturated carbocycles. The number of imide groups is 2. The largest absolute Gasteiger partial charge is 0.331 e. The average molecular weight is 278 g/mol. The minimum Gasteiger partial charge on any atom is -0.277 e. The number of hydrogen-bond acceptors (Lipinski definition) is 3. The minimum atomic E-state index is -0.686. The third-order valence-electron chi connectivity index (χ3n) is 3.65. The minimum absolute atomic E-state index is 0. The van der Waals surface area contributed by atoms with Gasteiger partial charge in [0, 0.05) is 43.8 Å². The fourth-order valence-electron chi connectivity index (χ4n) is 2.68. The summed E-state index contributed by atoms with van der Waals surface area (Å²) < 4.78 is 0. The van der Waals surface area contributed by atoms with Crippen molar-refractivity contribution in [3.05, 3.63) is 0 Å². The number of amides is 4. The molecule has 0 bridgehead atoms. The third kappa shape index (κ3) is 3.06. The van der Waals surface area contributed by atoms with Crippen LogP contribution in [0.1, 0.15) is 45.4 Å². The van der Waals surface area contributed by atoms with Crippen LogP contribution < -0.4 is 5.32 Å². The number of carbonyl (C=O) groups is 3. The van der Waals surface area contributed by atoms with Gasteiger partial charge in [0.2, 0.25) is 11.8 Å². The second kappa shape index (κ2) is 6.87. The summed E-state index contributed by atoms with van der Waals surface area (Å²) in [5, 5.41) is 2.29. The van der Waals surface area contributed by atoms with E-state index in [-0.39, 0.29) is 49.7 Å². The molecule has 96 valence electrons. The molecule has 4 amide bonds. The number of rotatable bonds is 2. The molecule has 5 nitrogen and oxygen atoms in total. The predicted octanol–water partition coefficient (Wildman–Crippen LogP) is 1.04. The van der Waals surface area contributed by atoms with E-state index in [2.05, 4.69) is 5.32 Å². The van der Waals surface area contributed by atoms with E-state index in [9.17, 15) is 14.4 Å². The molecular formula is C12H18CaN2O3. The summed E-state index contributed by atoms with van der Waals surface area (Å²) in [5.41, 5.74) is 0. The number of nitrogens with one attached hydrogen (secondary N) is 1. The van der Waals surface area contributed by atoms with Crippen molar-refractivity contribution in [1.29, 1.82) is 0 Å². The molecule has 1 N–H and O–H groups in total. The van der Waals surface area contributed by atoms with Crippen molar-refractivity contribution in [1.82, 2.24) is 10.2 Å². The maximum Gasteiger partial charge on any atom is 0.331 e. The van der Waals surface area contributed by atoms with Crippen LogP contribution in [-0.2, 0) is 9.59 Å². The molecule has 1 unspecified atom stereocenters. The summed E-state index contributed by atoms with van der Waals surface area (Å²) in [6.07, 6.45) is 5.43. The van der Waals surface area contributed by atoms with Crippen molar-refractivity contribution in [2.24, 2.45) is 5.92 Å². The van der Waals surface area contributed by atoms with Crippen LogP contribution in [0.4, 0.5) is 4.79 Å². The number of nitrogens with zero attached hydrogens (tertiary/aromatic N) is 1. The molecule has 1 aliphatic heterocycles. The number of urea groups is 1. The van der Waals surface area contributed by atoms with Gasteiger partial charge in [0.15, 0.2) is 0 Å². The second-order valence-corrected chi connectivity index (χ2v) is 4.76. The fraction of sp³-hybridized carbons (Fsp3) is 0.750. The zero-order valence-electron chi connectivity index (χ0n) is 10.8. The molecule has 0 aromatic rings. The first-order chi connectivity index (χ1) is 8.15. The van der Waals surface area contributed by atoms with Gasteiger partial charge < -0.3 is 0 Å². The van der Waals surface area contributed by atoms with E-state index in [1.807, 2.05) is 0 Å². The van der Waals surface area contributed by atoms with Crippen LogP contribution in [0.5, 0.6) is 0 Å². The average Bonchev–Trinajstić information content (AvgIpc) is 2.30. The first kappa shape index (κ1) is 15.9. The molecule has 1 saturated heterocycles. The van der Waals surface area contributed by atoms with Gasteiger partial charge in [-0.3, -0.25) is 19.8 Å². The van der Waals surface area contributed by atoms with Gasteiger partial charge in [-0.2, -0.15) is 0 Å². The van der Waals surface area contributed by atoms with Gasteiger partial charge in [-0.15, -0.1) is 0 Å². The molecule has 6 heteroatoms.